The van der Waals surface area contributed by atoms with Crippen molar-refractivity contribution in [2.45, 2.75) is 45.4 Å². The molecule has 0 saturated heterocycles. The van der Waals surface area contributed by atoms with E-state index in [-0.39, 0.29) is 11.8 Å². The Kier molecular flexibility index (Phi) is 6.20. The Labute approximate surface area is 140 Å². The molecule has 1 aromatic carbocycles. The predicted molar refractivity (Wildman–Crippen MR) is 97.3 cm³/mol. The molecule has 2 nitrogen and oxygen atoms in total. The molecular formula is C21H29NO. The second-order valence-electron chi connectivity index (χ2n) is 6.98. The third-order valence-corrected chi connectivity index (χ3v) is 4.63. The van der Waals surface area contributed by atoms with E-state index in [9.17, 15) is 4.79 Å². The van der Waals surface area contributed by atoms with Gasteiger partial charge in [0.15, 0.2) is 0 Å². The second-order valence-corrected chi connectivity index (χ2v) is 6.98. The average molecular weight is 311 g/mol. The molecule has 1 aliphatic carbocycles. The van der Waals surface area contributed by atoms with Gasteiger partial charge in [0.1, 0.15) is 0 Å². The number of carbonyl (C=O) groups is 1. The van der Waals surface area contributed by atoms with Crippen LogP contribution in [-0.4, -0.2) is 24.9 Å². The van der Waals surface area contributed by atoms with Crippen LogP contribution in [0.25, 0.3) is 0 Å². The molecule has 2 heteroatoms. The monoisotopic (exact) mass is 311 g/mol. The average Bonchev–Trinajstić information content (AvgIpc) is 2.54. The standard InChI is InChI=1S/C21H29NO/c1-16(2)9-8-10-17-13-14-19(21(23)22(3)4)20(15-17)18-11-6-5-7-12-18/h5-7,9,11-13,19-20H,8,10,14-15H2,1-4H3/t19-,20+/m1/s1. The summed E-state index contributed by atoms with van der Waals surface area (Å²) in [6.07, 6.45) is 8.69. The number of allylic oxidation sites excluding steroid dienone is 4. The Hall–Kier alpha value is -1.83. The van der Waals surface area contributed by atoms with Crippen molar-refractivity contribution in [1.82, 2.24) is 4.90 Å². The van der Waals surface area contributed by atoms with Crippen molar-refractivity contribution in [1.29, 1.82) is 0 Å². The highest BCUT2D eigenvalue weighted by Gasteiger charge is 2.33. The minimum absolute atomic E-state index is 0.0691. The molecule has 1 amide bonds. The van der Waals surface area contributed by atoms with E-state index in [4.69, 9.17) is 0 Å². The van der Waals surface area contributed by atoms with E-state index in [0.29, 0.717) is 5.92 Å². The van der Waals surface area contributed by atoms with Gasteiger partial charge in [0.05, 0.1) is 0 Å². The Morgan fingerprint density at radius 2 is 1.91 bits per heavy atom. The molecule has 23 heavy (non-hydrogen) atoms. The van der Waals surface area contributed by atoms with E-state index < -0.39 is 0 Å². The molecule has 0 N–H and O–H groups in total. The van der Waals surface area contributed by atoms with Crippen LogP contribution in [0.4, 0.5) is 0 Å². The fraction of sp³-hybridized carbons (Fsp3) is 0.476. The zero-order chi connectivity index (χ0) is 16.8. The molecule has 0 spiro atoms. The summed E-state index contributed by atoms with van der Waals surface area (Å²) < 4.78 is 0. The van der Waals surface area contributed by atoms with Crippen LogP contribution in [-0.2, 0) is 4.79 Å². The van der Waals surface area contributed by atoms with Crippen LogP contribution in [0.1, 0.15) is 51.0 Å². The van der Waals surface area contributed by atoms with Crippen LogP contribution >= 0.6 is 0 Å². The molecule has 2 rings (SSSR count). The van der Waals surface area contributed by atoms with Crippen molar-refractivity contribution in [3.8, 4) is 0 Å². The summed E-state index contributed by atoms with van der Waals surface area (Å²) in [7, 11) is 3.72. The number of carbonyl (C=O) groups excluding carboxylic acids is 1. The Balaban J connectivity index is 2.18. The fourth-order valence-corrected chi connectivity index (χ4v) is 3.37. The van der Waals surface area contributed by atoms with Crippen molar-refractivity contribution in [2.24, 2.45) is 5.92 Å². The van der Waals surface area contributed by atoms with Crippen LogP contribution in [0.2, 0.25) is 0 Å². The molecule has 1 aromatic rings. The van der Waals surface area contributed by atoms with Gasteiger partial charge >= 0.3 is 0 Å². The molecule has 0 fully saturated rings. The van der Waals surface area contributed by atoms with Crippen molar-refractivity contribution in [3.05, 3.63) is 59.2 Å². The molecule has 0 unspecified atom stereocenters. The Morgan fingerprint density at radius 1 is 1.22 bits per heavy atom. The lowest BCUT2D eigenvalue weighted by molar-refractivity contribution is -0.133. The first-order valence-electron chi connectivity index (χ1n) is 8.56. The summed E-state index contributed by atoms with van der Waals surface area (Å²) in [6.45, 7) is 4.29. The summed E-state index contributed by atoms with van der Waals surface area (Å²) in [5, 5.41) is 0. The van der Waals surface area contributed by atoms with Crippen LogP contribution in [0, 0.1) is 5.92 Å². The molecule has 0 bridgehead atoms. The maximum absolute atomic E-state index is 12.6. The first kappa shape index (κ1) is 17.5. The maximum atomic E-state index is 12.6. The van der Waals surface area contributed by atoms with Gasteiger partial charge in [-0.2, -0.15) is 0 Å². The molecule has 2 atom stereocenters. The molecule has 0 aromatic heterocycles. The van der Waals surface area contributed by atoms with Gasteiger partial charge < -0.3 is 4.90 Å². The van der Waals surface area contributed by atoms with Crippen LogP contribution in [0.15, 0.2) is 53.6 Å². The summed E-state index contributed by atoms with van der Waals surface area (Å²) in [6, 6.07) is 10.5. The summed E-state index contributed by atoms with van der Waals surface area (Å²) in [5.74, 6) is 0.621. The minimum Gasteiger partial charge on any atom is -0.349 e. The predicted octanol–water partition coefficient (Wildman–Crippen LogP) is 4.94. The highest BCUT2D eigenvalue weighted by atomic mass is 16.2. The number of hydrogen-bond donors (Lipinski definition) is 0. The van der Waals surface area contributed by atoms with Gasteiger partial charge in [-0.15, -0.1) is 0 Å². The first-order chi connectivity index (χ1) is 11.0. The number of amides is 1. The van der Waals surface area contributed by atoms with Gasteiger partial charge in [-0.05, 0) is 51.0 Å². The van der Waals surface area contributed by atoms with E-state index in [1.807, 2.05) is 20.2 Å². The highest BCUT2D eigenvalue weighted by Crippen LogP contribution is 2.39. The summed E-state index contributed by atoms with van der Waals surface area (Å²) in [4.78, 5) is 14.3. The number of hydrogen-bond acceptors (Lipinski definition) is 1. The number of nitrogens with zero attached hydrogens (tertiary/aromatic N) is 1. The van der Waals surface area contributed by atoms with E-state index in [1.54, 1.807) is 4.90 Å². The quantitative estimate of drug-likeness (QED) is 0.705. The molecule has 0 saturated carbocycles. The largest absolute Gasteiger partial charge is 0.349 e. The molecule has 0 aliphatic heterocycles. The molecule has 1 aliphatic rings. The summed E-state index contributed by atoms with van der Waals surface area (Å²) in [5.41, 5.74) is 4.17. The highest BCUT2D eigenvalue weighted by molar-refractivity contribution is 5.80. The van der Waals surface area contributed by atoms with Gasteiger partial charge in [0.2, 0.25) is 5.91 Å². The lowest BCUT2D eigenvalue weighted by Crippen LogP contribution is -2.34. The first-order valence-corrected chi connectivity index (χ1v) is 8.56. The van der Waals surface area contributed by atoms with E-state index in [1.165, 1.54) is 16.7 Å². The van der Waals surface area contributed by atoms with Crippen molar-refractivity contribution >= 4 is 5.91 Å². The number of rotatable bonds is 5. The van der Waals surface area contributed by atoms with Gasteiger partial charge in [-0.25, -0.2) is 0 Å². The lowest BCUT2D eigenvalue weighted by atomic mass is 9.74. The van der Waals surface area contributed by atoms with Gasteiger partial charge in [-0.1, -0.05) is 53.6 Å². The fourth-order valence-electron chi connectivity index (χ4n) is 3.37. The summed E-state index contributed by atoms with van der Waals surface area (Å²) >= 11 is 0. The zero-order valence-electron chi connectivity index (χ0n) is 14.9. The third kappa shape index (κ3) is 4.82. The topological polar surface area (TPSA) is 20.3 Å². The SMILES string of the molecule is CC(C)=CCCC1=CC[C@@H](C(=O)N(C)C)[C@H](c2ccccc2)C1. The smallest absolute Gasteiger partial charge is 0.226 e. The minimum atomic E-state index is 0.0691. The van der Waals surface area contributed by atoms with Gasteiger partial charge in [0.25, 0.3) is 0 Å². The van der Waals surface area contributed by atoms with Crippen LogP contribution < -0.4 is 0 Å². The Morgan fingerprint density at radius 3 is 2.52 bits per heavy atom. The second kappa shape index (κ2) is 8.14. The van der Waals surface area contributed by atoms with Crippen molar-refractivity contribution < 1.29 is 4.79 Å². The molecule has 0 heterocycles. The lowest BCUT2D eigenvalue weighted by Gasteiger charge is -2.32. The number of benzene rings is 1. The van der Waals surface area contributed by atoms with Crippen molar-refractivity contribution in [3.63, 3.8) is 0 Å². The molecule has 124 valence electrons. The van der Waals surface area contributed by atoms with Gasteiger partial charge in [0, 0.05) is 20.0 Å². The van der Waals surface area contributed by atoms with Crippen LogP contribution in [0.5, 0.6) is 0 Å². The van der Waals surface area contributed by atoms with Crippen molar-refractivity contribution in [2.75, 3.05) is 14.1 Å². The van der Waals surface area contributed by atoms with Gasteiger partial charge in [-0.3, -0.25) is 4.79 Å². The zero-order valence-corrected chi connectivity index (χ0v) is 14.9. The normalized spacial score (nSPS) is 20.6. The maximum Gasteiger partial charge on any atom is 0.226 e. The third-order valence-electron chi connectivity index (χ3n) is 4.63. The van der Waals surface area contributed by atoms with E-state index in [0.717, 1.165) is 25.7 Å². The van der Waals surface area contributed by atoms with E-state index in [2.05, 4.69) is 50.3 Å². The molecular weight excluding hydrogens is 282 g/mol. The van der Waals surface area contributed by atoms with Crippen LogP contribution in [0.3, 0.4) is 0 Å². The Bertz CT molecular complexity index is 579. The molecule has 0 radical (unpaired) electrons. The van der Waals surface area contributed by atoms with E-state index >= 15 is 0 Å².